The van der Waals surface area contributed by atoms with E-state index in [-0.39, 0.29) is 11.1 Å². The van der Waals surface area contributed by atoms with Crippen LogP contribution in [-0.4, -0.2) is 4.57 Å². The Kier molecular flexibility index (Phi) is 2.93. The zero-order valence-corrected chi connectivity index (χ0v) is 10.2. The number of nitrogen functional groups attached to an aromatic ring is 1. The molecule has 0 aliphatic rings. The molecule has 2 heterocycles. The minimum Gasteiger partial charge on any atom is -0.394 e. The molecule has 0 unspecified atom stereocenters. The molecular formula is C10H9BrN2OS. The molecule has 0 amide bonds. The average molecular weight is 285 g/mol. The van der Waals surface area contributed by atoms with E-state index in [4.69, 9.17) is 5.73 Å². The smallest absolute Gasteiger partial charge is 0.204 e. The highest BCUT2D eigenvalue weighted by atomic mass is 79.9. The van der Waals surface area contributed by atoms with Crippen LogP contribution in [0, 0.1) is 0 Å². The van der Waals surface area contributed by atoms with Gasteiger partial charge in [0.25, 0.3) is 0 Å². The standard InChI is InChI=1S/C10H9BrN2OS/c11-10-7(2-4-15-10)5-13-3-1-9(14)8(12)6-13/h1-4,6H,5,12H2. The molecule has 2 N–H and O–H groups in total. The lowest BCUT2D eigenvalue weighted by atomic mass is 10.3. The van der Waals surface area contributed by atoms with E-state index in [0.717, 1.165) is 3.79 Å². The number of thiophene rings is 1. The van der Waals surface area contributed by atoms with Crippen LogP contribution in [0.15, 0.2) is 38.5 Å². The quantitative estimate of drug-likeness (QED) is 0.920. The van der Waals surface area contributed by atoms with Crippen molar-refractivity contribution in [3.05, 3.63) is 49.5 Å². The molecule has 0 saturated carbocycles. The summed E-state index contributed by atoms with van der Waals surface area (Å²) in [6.45, 7) is 0.717. The number of hydrogen-bond donors (Lipinski definition) is 1. The van der Waals surface area contributed by atoms with Crippen molar-refractivity contribution in [3.63, 3.8) is 0 Å². The monoisotopic (exact) mass is 284 g/mol. The number of halogens is 1. The van der Waals surface area contributed by atoms with Crippen molar-refractivity contribution in [2.45, 2.75) is 6.54 Å². The van der Waals surface area contributed by atoms with E-state index in [1.54, 1.807) is 23.7 Å². The molecule has 2 rings (SSSR count). The van der Waals surface area contributed by atoms with Gasteiger partial charge in [0, 0.05) is 25.0 Å². The zero-order valence-electron chi connectivity index (χ0n) is 7.81. The predicted octanol–water partition coefficient (Wildman–Crippen LogP) is 2.30. The van der Waals surface area contributed by atoms with Crippen molar-refractivity contribution >= 4 is 33.0 Å². The Morgan fingerprint density at radius 3 is 2.87 bits per heavy atom. The Bertz CT molecular complexity index is 532. The van der Waals surface area contributed by atoms with E-state index in [1.807, 2.05) is 16.0 Å². The highest BCUT2D eigenvalue weighted by Crippen LogP contribution is 2.23. The van der Waals surface area contributed by atoms with Crippen LogP contribution in [0.5, 0.6) is 0 Å². The van der Waals surface area contributed by atoms with E-state index in [1.165, 1.54) is 11.6 Å². The van der Waals surface area contributed by atoms with E-state index in [2.05, 4.69) is 15.9 Å². The van der Waals surface area contributed by atoms with Crippen LogP contribution in [0.2, 0.25) is 0 Å². The summed E-state index contributed by atoms with van der Waals surface area (Å²) in [4.78, 5) is 11.1. The van der Waals surface area contributed by atoms with Crippen LogP contribution in [-0.2, 0) is 6.54 Å². The third kappa shape index (κ3) is 2.30. The highest BCUT2D eigenvalue weighted by Gasteiger charge is 2.02. The second kappa shape index (κ2) is 4.20. The Hall–Kier alpha value is -1.07. The van der Waals surface area contributed by atoms with Gasteiger partial charge in [-0.05, 0) is 32.9 Å². The van der Waals surface area contributed by atoms with Gasteiger partial charge in [-0.3, -0.25) is 4.79 Å². The second-order valence-electron chi connectivity index (χ2n) is 3.16. The van der Waals surface area contributed by atoms with Crippen LogP contribution < -0.4 is 11.2 Å². The van der Waals surface area contributed by atoms with Gasteiger partial charge in [-0.1, -0.05) is 0 Å². The van der Waals surface area contributed by atoms with Gasteiger partial charge in [-0.25, -0.2) is 0 Å². The van der Waals surface area contributed by atoms with E-state index >= 15 is 0 Å². The molecule has 78 valence electrons. The van der Waals surface area contributed by atoms with Gasteiger partial charge in [-0.15, -0.1) is 11.3 Å². The summed E-state index contributed by atoms with van der Waals surface area (Å²) in [7, 11) is 0. The van der Waals surface area contributed by atoms with Crippen molar-refractivity contribution in [1.82, 2.24) is 4.57 Å². The Morgan fingerprint density at radius 1 is 1.47 bits per heavy atom. The molecule has 0 fully saturated rings. The van der Waals surface area contributed by atoms with Gasteiger partial charge < -0.3 is 10.3 Å². The molecule has 5 heteroatoms. The zero-order chi connectivity index (χ0) is 10.8. The van der Waals surface area contributed by atoms with Crippen LogP contribution >= 0.6 is 27.3 Å². The third-order valence-corrected chi connectivity index (χ3v) is 3.86. The fourth-order valence-electron chi connectivity index (χ4n) is 1.27. The van der Waals surface area contributed by atoms with Crippen molar-refractivity contribution in [2.75, 3.05) is 5.73 Å². The summed E-state index contributed by atoms with van der Waals surface area (Å²) in [5, 5.41) is 2.02. The average Bonchev–Trinajstić information content (AvgIpc) is 2.59. The Balaban J connectivity index is 2.29. The summed E-state index contributed by atoms with van der Waals surface area (Å²) in [5.74, 6) is 0. The fraction of sp³-hybridized carbons (Fsp3) is 0.100. The summed E-state index contributed by atoms with van der Waals surface area (Å²) in [6, 6.07) is 3.53. The molecule has 3 nitrogen and oxygen atoms in total. The largest absolute Gasteiger partial charge is 0.394 e. The molecule has 0 bridgehead atoms. The lowest BCUT2D eigenvalue weighted by Gasteiger charge is -2.05. The van der Waals surface area contributed by atoms with Crippen molar-refractivity contribution in [2.24, 2.45) is 0 Å². The fourth-order valence-corrected chi connectivity index (χ4v) is 2.49. The topological polar surface area (TPSA) is 48.0 Å². The minimum absolute atomic E-state index is 0.129. The first-order valence-corrected chi connectivity index (χ1v) is 6.01. The number of aromatic nitrogens is 1. The Morgan fingerprint density at radius 2 is 2.27 bits per heavy atom. The summed E-state index contributed by atoms with van der Waals surface area (Å²) in [5.41, 5.74) is 6.88. The molecule has 0 spiro atoms. The molecule has 0 saturated heterocycles. The predicted molar refractivity (Wildman–Crippen MR) is 66.2 cm³/mol. The SMILES string of the molecule is Nc1cn(Cc2ccsc2Br)ccc1=O. The minimum atomic E-state index is -0.129. The van der Waals surface area contributed by atoms with E-state index in [9.17, 15) is 4.79 Å². The second-order valence-corrected chi connectivity index (χ2v) is 5.39. The lowest BCUT2D eigenvalue weighted by Crippen LogP contribution is -2.11. The molecule has 0 atom stereocenters. The number of nitrogens with two attached hydrogens (primary N) is 1. The molecule has 2 aromatic heterocycles. The molecular weight excluding hydrogens is 276 g/mol. The normalized spacial score (nSPS) is 10.5. The number of pyridine rings is 1. The van der Waals surface area contributed by atoms with E-state index in [0.29, 0.717) is 6.54 Å². The van der Waals surface area contributed by atoms with Gasteiger partial charge in [0.2, 0.25) is 5.43 Å². The summed E-state index contributed by atoms with van der Waals surface area (Å²) < 4.78 is 3.00. The first kappa shape index (κ1) is 10.4. The summed E-state index contributed by atoms with van der Waals surface area (Å²) >= 11 is 5.11. The van der Waals surface area contributed by atoms with Crippen molar-refractivity contribution in [3.8, 4) is 0 Å². The van der Waals surface area contributed by atoms with Crippen LogP contribution in [0.3, 0.4) is 0 Å². The summed E-state index contributed by atoms with van der Waals surface area (Å²) in [6.07, 6.45) is 3.40. The first-order valence-electron chi connectivity index (χ1n) is 4.34. The number of nitrogens with zero attached hydrogens (tertiary/aromatic N) is 1. The van der Waals surface area contributed by atoms with Gasteiger partial charge in [-0.2, -0.15) is 0 Å². The van der Waals surface area contributed by atoms with Crippen LogP contribution in [0.25, 0.3) is 0 Å². The van der Waals surface area contributed by atoms with E-state index < -0.39 is 0 Å². The van der Waals surface area contributed by atoms with Crippen molar-refractivity contribution < 1.29 is 0 Å². The molecule has 0 aliphatic carbocycles. The van der Waals surface area contributed by atoms with Gasteiger partial charge in [0.1, 0.15) is 0 Å². The maximum atomic E-state index is 11.1. The molecule has 15 heavy (non-hydrogen) atoms. The highest BCUT2D eigenvalue weighted by molar-refractivity contribution is 9.11. The van der Waals surface area contributed by atoms with Gasteiger partial charge in [0.15, 0.2) is 0 Å². The number of rotatable bonds is 2. The maximum Gasteiger partial charge on any atom is 0.204 e. The third-order valence-electron chi connectivity index (χ3n) is 2.05. The number of anilines is 1. The van der Waals surface area contributed by atoms with Gasteiger partial charge in [0.05, 0.1) is 9.47 Å². The molecule has 2 aromatic rings. The maximum absolute atomic E-state index is 11.1. The van der Waals surface area contributed by atoms with Gasteiger partial charge >= 0.3 is 0 Å². The Labute approximate surface area is 99.3 Å². The molecule has 0 radical (unpaired) electrons. The lowest BCUT2D eigenvalue weighted by molar-refractivity contribution is 0.791. The van der Waals surface area contributed by atoms with Crippen molar-refractivity contribution in [1.29, 1.82) is 0 Å². The number of hydrogen-bond acceptors (Lipinski definition) is 3. The van der Waals surface area contributed by atoms with Crippen LogP contribution in [0.4, 0.5) is 5.69 Å². The first-order chi connectivity index (χ1) is 7.16. The molecule has 0 aromatic carbocycles. The van der Waals surface area contributed by atoms with Crippen LogP contribution in [0.1, 0.15) is 5.56 Å². The molecule has 0 aliphatic heterocycles.